The number of carbonyl (C=O) groups excluding carboxylic acids is 1. The lowest BCUT2D eigenvalue weighted by atomic mass is 10.5. The molecule has 0 bridgehead atoms. The average Bonchev–Trinajstić information content (AvgIpc) is 2.41. The molecule has 0 aromatic carbocycles. The number of aromatic amines is 1. The van der Waals surface area contributed by atoms with E-state index >= 15 is 0 Å². The number of primary amides is 1. The average molecular weight is 175 g/mol. The van der Waals surface area contributed by atoms with E-state index in [0.717, 1.165) is 0 Å². The van der Waals surface area contributed by atoms with Crippen molar-refractivity contribution in [2.75, 3.05) is 5.88 Å². The van der Waals surface area contributed by atoms with Gasteiger partial charge in [0.05, 0.1) is 0 Å². The van der Waals surface area contributed by atoms with Crippen LogP contribution in [0, 0.1) is 0 Å². The van der Waals surface area contributed by atoms with Gasteiger partial charge in [-0.1, -0.05) is 0 Å². The van der Waals surface area contributed by atoms with Crippen molar-refractivity contribution in [1.29, 1.82) is 0 Å². The topological polar surface area (TPSA) is 58.9 Å². The van der Waals surface area contributed by atoms with Crippen LogP contribution in [0.1, 0.15) is 6.42 Å². The lowest BCUT2D eigenvalue weighted by Gasteiger charge is -1.79. The van der Waals surface area contributed by atoms with Gasteiger partial charge in [0, 0.05) is 24.7 Å². The molecule has 3 nitrogen and oxygen atoms in total. The van der Waals surface area contributed by atoms with Gasteiger partial charge in [0.1, 0.15) is 0 Å². The highest BCUT2D eigenvalue weighted by Gasteiger charge is 1.85. The Kier molecular flexibility index (Phi) is 6.53. The van der Waals surface area contributed by atoms with Gasteiger partial charge >= 0.3 is 0 Å². The number of carbonyl (C=O) groups is 1. The van der Waals surface area contributed by atoms with Crippen LogP contribution < -0.4 is 5.73 Å². The van der Waals surface area contributed by atoms with Crippen molar-refractivity contribution >= 4 is 17.5 Å². The number of nitrogens with two attached hydrogens (primary N) is 1. The van der Waals surface area contributed by atoms with Gasteiger partial charge in [-0.2, -0.15) is 0 Å². The predicted molar refractivity (Wildman–Crippen MR) is 45.3 cm³/mol. The highest BCUT2D eigenvalue weighted by molar-refractivity contribution is 6.18. The Bertz CT molecular complexity index is 157. The number of hydrogen-bond acceptors (Lipinski definition) is 1. The smallest absolute Gasteiger partial charge is 0.218 e. The standard InChI is InChI=1S/C4H5N.C3H6ClNO/c1-2-4-5-3-1;4-2-1-3(5)6/h1-5H;1-2H2,(H2,5,6). The molecule has 3 N–H and O–H groups in total. The fourth-order valence-electron chi connectivity index (χ4n) is 0.371. The maximum atomic E-state index is 9.74. The lowest BCUT2D eigenvalue weighted by molar-refractivity contribution is -0.117. The molecular weight excluding hydrogens is 164 g/mol. The van der Waals surface area contributed by atoms with Crippen molar-refractivity contribution in [3.05, 3.63) is 24.5 Å². The quantitative estimate of drug-likeness (QED) is 0.649. The van der Waals surface area contributed by atoms with Crippen LogP contribution in [0.4, 0.5) is 0 Å². The Morgan fingerprint density at radius 2 is 2.00 bits per heavy atom. The number of alkyl halides is 1. The predicted octanol–water partition coefficient (Wildman–Crippen LogP) is 1.12. The third-order valence-corrected chi connectivity index (χ3v) is 1.03. The first-order valence-corrected chi connectivity index (χ1v) is 3.73. The van der Waals surface area contributed by atoms with Gasteiger partial charge in [0.15, 0.2) is 0 Å². The zero-order valence-corrected chi connectivity index (χ0v) is 6.84. The minimum absolute atomic E-state index is 0.279. The maximum Gasteiger partial charge on any atom is 0.218 e. The van der Waals surface area contributed by atoms with Gasteiger partial charge in [-0.25, -0.2) is 0 Å². The van der Waals surface area contributed by atoms with Crippen LogP contribution in [0.15, 0.2) is 24.5 Å². The van der Waals surface area contributed by atoms with E-state index < -0.39 is 0 Å². The first kappa shape index (κ1) is 10.0. The summed E-state index contributed by atoms with van der Waals surface area (Å²) in [6, 6.07) is 3.89. The molecule has 0 aliphatic rings. The van der Waals surface area contributed by atoms with E-state index in [4.69, 9.17) is 11.6 Å². The zero-order chi connectivity index (χ0) is 8.53. The van der Waals surface area contributed by atoms with Gasteiger partial charge < -0.3 is 10.7 Å². The summed E-state index contributed by atoms with van der Waals surface area (Å²) >= 11 is 5.10. The summed E-state index contributed by atoms with van der Waals surface area (Å²) in [6.45, 7) is 0. The van der Waals surface area contributed by atoms with E-state index in [9.17, 15) is 4.79 Å². The molecule has 1 aromatic rings. The van der Waals surface area contributed by atoms with E-state index in [1.165, 1.54) is 0 Å². The number of aromatic nitrogens is 1. The van der Waals surface area contributed by atoms with Crippen LogP contribution in [0.5, 0.6) is 0 Å². The highest BCUT2D eigenvalue weighted by atomic mass is 35.5. The van der Waals surface area contributed by atoms with E-state index in [2.05, 4.69) is 10.7 Å². The number of halogens is 1. The summed E-state index contributed by atoms with van der Waals surface area (Å²) in [7, 11) is 0. The summed E-state index contributed by atoms with van der Waals surface area (Å²) in [4.78, 5) is 12.6. The molecule has 0 aliphatic heterocycles. The third kappa shape index (κ3) is 9.04. The van der Waals surface area contributed by atoms with Gasteiger partial charge in [-0.15, -0.1) is 11.6 Å². The molecule has 0 fully saturated rings. The second-order valence-corrected chi connectivity index (χ2v) is 2.17. The van der Waals surface area contributed by atoms with E-state index in [-0.39, 0.29) is 12.3 Å². The molecule has 0 unspecified atom stereocenters. The minimum Gasteiger partial charge on any atom is -0.370 e. The van der Waals surface area contributed by atoms with Crippen LogP contribution in [0.3, 0.4) is 0 Å². The van der Waals surface area contributed by atoms with E-state index in [0.29, 0.717) is 5.88 Å². The molecule has 1 aromatic heterocycles. The van der Waals surface area contributed by atoms with Gasteiger partial charge in [0.25, 0.3) is 0 Å². The highest BCUT2D eigenvalue weighted by Crippen LogP contribution is 1.78. The summed E-state index contributed by atoms with van der Waals surface area (Å²) in [5.41, 5.74) is 4.68. The summed E-state index contributed by atoms with van der Waals surface area (Å²) in [5.74, 6) is -0.0139. The zero-order valence-electron chi connectivity index (χ0n) is 6.09. The molecule has 0 saturated heterocycles. The minimum atomic E-state index is -0.343. The van der Waals surface area contributed by atoms with Crippen LogP contribution in [-0.4, -0.2) is 16.8 Å². The van der Waals surface area contributed by atoms with Crippen LogP contribution in [-0.2, 0) is 4.79 Å². The Morgan fingerprint density at radius 1 is 1.45 bits per heavy atom. The summed E-state index contributed by atoms with van der Waals surface area (Å²) < 4.78 is 0. The van der Waals surface area contributed by atoms with Gasteiger partial charge in [0.2, 0.25) is 5.91 Å². The van der Waals surface area contributed by atoms with Crippen LogP contribution in [0.2, 0.25) is 0 Å². The number of rotatable bonds is 2. The molecule has 1 amide bonds. The molecule has 0 radical (unpaired) electrons. The maximum absolute atomic E-state index is 9.74. The SMILES string of the molecule is NC(=O)CCCl.c1cc[nH]c1. The fraction of sp³-hybridized carbons (Fsp3) is 0.286. The Hall–Kier alpha value is -0.960. The summed E-state index contributed by atoms with van der Waals surface area (Å²) in [6.07, 6.45) is 4.03. The fourth-order valence-corrected chi connectivity index (χ4v) is 0.557. The second-order valence-electron chi connectivity index (χ2n) is 1.79. The number of amides is 1. The first-order valence-electron chi connectivity index (χ1n) is 3.19. The van der Waals surface area contributed by atoms with Crippen molar-refractivity contribution in [3.8, 4) is 0 Å². The van der Waals surface area contributed by atoms with Crippen molar-refractivity contribution < 1.29 is 4.79 Å². The molecule has 0 aliphatic carbocycles. The van der Waals surface area contributed by atoms with Gasteiger partial charge in [-0.05, 0) is 12.1 Å². The third-order valence-electron chi connectivity index (χ3n) is 0.837. The molecule has 4 heteroatoms. The Labute approximate surface area is 70.5 Å². The molecular formula is C7H11ClN2O. The van der Waals surface area contributed by atoms with Crippen molar-refractivity contribution in [3.63, 3.8) is 0 Å². The normalized spacial score (nSPS) is 8.09. The number of hydrogen-bond donors (Lipinski definition) is 2. The number of nitrogens with one attached hydrogen (secondary N) is 1. The van der Waals surface area contributed by atoms with Crippen molar-refractivity contribution in [2.24, 2.45) is 5.73 Å². The molecule has 1 rings (SSSR count). The molecule has 62 valence electrons. The monoisotopic (exact) mass is 174 g/mol. The molecule has 11 heavy (non-hydrogen) atoms. The summed E-state index contributed by atoms with van der Waals surface area (Å²) in [5, 5.41) is 0. The Morgan fingerprint density at radius 3 is 2.09 bits per heavy atom. The first-order chi connectivity index (χ1) is 5.27. The van der Waals surface area contributed by atoms with Crippen LogP contribution in [0.25, 0.3) is 0 Å². The lowest BCUT2D eigenvalue weighted by Crippen LogP contribution is -2.09. The van der Waals surface area contributed by atoms with Crippen molar-refractivity contribution in [2.45, 2.75) is 6.42 Å². The molecule has 1 heterocycles. The molecule has 0 spiro atoms. The van der Waals surface area contributed by atoms with Crippen LogP contribution >= 0.6 is 11.6 Å². The number of H-pyrrole nitrogens is 1. The van der Waals surface area contributed by atoms with E-state index in [1.54, 1.807) is 0 Å². The van der Waals surface area contributed by atoms with E-state index in [1.807, 2.05) is 24.5 Å². The largest absolute Gasteiger partial charge is 0.370 e. The van der Waals surface area contributed by atoms with Gasteiger partial charge in [-0.3, -0.25) is 4.79 Å². The molecule has 0 atom stereocenters. The molecule has 0 saturated carbocycles. The Balaban J connectivity index is 0.000000183. The second kappa shape index (κ2) is 7.15. The van der Waals surface area contributed by atoms with Crippen molar-refractivity contribution in [1.82, 2.24) is 4.98 Å².